The number of carbonyl (C=O) groups excluding carboxylic acids is 2. The van der Waals surface area contributed by atoms with Crippen LogP contribution in [-0.2, 0) is 11.3 Å². The molecule has 1 aromatic heterocycles. The monoisotopic (exact) mass is 387 g/mol. The van der Waals surface area contributed by atoms with E-state index in [9.17, 15) is 9.59 Å². The summed E-state index contributed by atoms with van der Waals surface area (Å²) in [4.78, 5) is 24.1. The molecule has 0 fully saturated rings. The predicted molar refractivity (Wildman–Crippen MR) is 107 cm³/mol. The van der Waals surface area contributed by atoms with E-state index < -0.39 is 11.3 Å². The fraction of sp³-hybridized carbons (Fsp3) is 0.368. The van der Waals surface area contributed by atoms with Crippen molar-refractivity contribution in [1.82, 2.24) is 25.4 Å². The van der Waals surface area contributed by atoms with Gasteiger partial charge in [0, 0.05) is 18.7 Å². The van der Waals surface area contributed by atoms with E-state index in [0.717, 1.165) is 5.56 Å². The highest BCUT2D eigenvalue weighted by Crippen LogP contribution is 2.26. The van der Waals surface area contributed by atoms with Crippen LogP contribution >= 0.6 is 11.8 Å². The number of aromatic nitrogens is 3. The van der Waals surface area contributed by atoms with E-state index in [1.54, 1.807) is 13.0 Å². The summed E-state index contributed by atoms with van der Waals surface area (Å²) in [7, 11) is 0. The number of thioether (sulfide) groups is 1. The van der Waals surface area contributed by atoms with Crippen molar-refractivity contribution in [2.45, 2.75) is 37.7 Å². The summed E-state index contributed by atoms with van der Waals surface area (Å²) in [6.07, 6.45) is 1.75. The van der Waals surface area contributed by atoms with E-state index in [0.29, 0.717) is 30.0 Å². The Morgan fingerprint density at radius 2 is 1.93 bits per heavy atom. The Morgan fingerprint density at radius 1 is 1.22 bits per heavy atom. The molecule has 0 saturated heterocycles. The number of amides is 3. The zero-order valence-corrected chi connectivity index (χ0v) is 16.6. The van der Waals surface area contributed by atoms with Crippen molar-refractivity contribution in [2.75, 3.05) is 6.54 Å². The number of hydrogen-bond acceptors (Lipinski definition) is 5. The Kier molecular flexibility index (Phi) is 7.60. The number of allylic oxidation sites excluding steroid dienone is 1. The molecule has 1 aromatic carbocycles. The highest BCUT2D eigenvalue weighted by molar-refractivity contribution is 8.00. The van der Waals surface area contributed by atoms with Gasteiger partial charge in [-0.1, -0.05) is 62.0 Å². The van der Waals surface area contributed by atoms with Crippen molar-refractivity contribution in [3.63, 3.8) is 0 Å². The largest absolute Gasteiger partial charge is 0.338 e. The molecule has 0 saturated carbocycles. The molecule has 0 aliphatic heterocycles. The first-order valence-corrected chi connectivity index (χ1v) is 9.65. The summed E-state index contributed by atoms with van der Waals surface area (Å²) < 4.78 is 1.90. The maximum atomic E-state index is 12.3. The minimum Gasteiger partial charge on any atom is -0.338 e. The van der Waals surface area contributed by atoms with Crippen LogP contribution < -0.4 is 10.6 Å². The quantitative estimate of drug-likeness (QED) is 0.537. The molecule has 0 spiro atoms. The van der Waals surface area contributed by atoms with E-state index in [4.69, 9.17) is 0 Å². The molecular weight excluding hydrogens is 362 g/mol. The summed E-state index contributed by atoms with van der Waals surface area (Å²) in [5, 5.41) is 13.6. The standard InChI is InChI=1S/C19H25N5O2S/c1-5-11-24-16(15-9-7-6-8-10-15)22-23-19(24)27-14(4)17(25)21-18(26)20-12-13(2)3/h5-10,13-14H,1,11-12H2,2-4H3,(H2,20,21,25,26). The zero-order chi connectivity index (χ0) is 19.8. The maximum absolute atomic E-state index is 12.3. The Bertz CT molecular complexity index is 789. The average molecular weight is 388 g/mol. The second-order valence-electron chi connectivity index (χ2n) is 6.42. The van der Waals surface area contributed by atoms with E-state index >= 15 is 0 Å². The lowest BCUT2D eigenvalue weighted by Crippen LogP contribution is -2.43. The molecule has 1 unspecified atom stereocenters. The maximum Gasteiger partial charge on any atom is 0.321 e. The first-order chi connectivity index (χ1) is 12.9. The van der Waals surface area contributed by atoms with Crippen molar-refractivity contribution in [3.05, 3.63) is 43.0 Å². The number of imide groups is 1. The Labute approximate surface area is 163 Å². The second kappa shape index (κ2) is 9.91. The minimum atomic E-state index is -0.508. The van der Waals surface area contributed by atoms with Crippen molar-refractivity contribution >= 4 is 23.7 Å². The van der Waals surface area contributed by atoms with Gasteiger partial charge in [0.25, 0.3) is 0 Å². The van der Waals surface area contributed by atoms with Gasteiger partial charge in [-0.2, -0.15) is 0 Å². The average Bonchev–Trinajstić information content (AvgIpc) is 3.03. The number of nitrogens with one attached hydrogen (secondary N) is 2. The topological polar surface area (TPSA) is 88.9 Å². The summed E-state index contributed by atoms with van der Waals surface area (Å²) in [5.41, 5.74) is 0.934. The zero-order valence-electron chi connectivity index (χ0n) is 15.8. The number of nitrogens with zero attached hydrogens (tertiary/aromatic N) is 3. The van der Waals surface area contributed by atoms with Crippen molar-refractivity contribution in [2.24, 2.45) is 5.92 Å². The third-order valence-corrected chi connectivity index (χ3v) is 4.70. The van der Waals surface area contributed by atoms with E-state index in [-0.39, 0.29) is 5.91 Å². The Hall–Kier alpha value is -2.61. The molecule has 7 nitrogen and oxygen atoms in total. The molecule has 0 radical (unpaired) electrons. The lowest BCUT2D eigenvalue weighted by molar-refractivity contribution is -0.119. The van der Waals surface area contributed by atoms with Gasteiger partial charge in [-0.15, -0.1) is 16.8 Å². The fourth-order valence-corrected chi connectivity index (χ4v) is 3.09. The number of rotatable bonds is 8. The van der Waals surface area contributed by atoms with Crippen LogP contribution in [0.3, 0.4) is 0 Å². The molecule has 0 bridgehead atoms. The molecule has 2 aromatic rings. The third kappa shape index (κ3) is 5.96. The Morgan fingerprint density at radius 3 is 2.56 bits per heavy atom. The van der Waals surface area contributed by atoms with Crippen molar-refractivity contribution < 1.29 is 9.59 Å². The van der Waals surface area contributed by atoms with Gasteiger partial charge >= 0.3 is 6.03 Å². The van der Waals surface area contributed by atoms with Gasteiger partial charge in [0.1, 0.15) is 0 Å². The molecule has 1 atom stereocenters. The number of urea groups is 1. The van der Waals surface area contributed by atoms with E-state index in [2.05, 4.69) is 27.4 Å². The smallest absolute Gasteiger partial charge is 0.321 e. The van der Waals surface area contributed by atoms with Crippen LogP contribution in [0.15, 0.2) is 48.1 Å². The lowest BCUT2D eigenvalue weighted by atomic mass is 10.2. The number of benzene rings is 1. The molecule has 2 rings (SSSR count). The van der Waals surface area contributed by atoms with Crippen LogP contribution in [0.25, 0.3) is 11.4 Å². The van der Waals surface area contributed by atoms with Crippen LogP contribution in [0.1, 0.15) is 20.8 Å². The second-order valence-corrected chi connectivity index (χ2v) is 7.73. The first kappa shape index (κ1) is 20.7. The molecule has 8 heteroatoms. The minimum absolute atomic E-state index is 0.312. The molecular formula is C19H25N5O2S. The highest BCUT2D eigenvalue weighted by Gasteiger charge is 2.21. The summed E-state index contributed by atoms with van der Waals surface area (Å²) >= 11 is 1.25. The Balaban J connectivity index is 2.07. The van der Waals surface area contributed by atoms with Gasteiger partial charge < -0.3 is 5.32 Å². The van der Waals surface area contributed by atoms with Gasteiger partial charge in [-0.05, 0) is 12.8 Å². The molecule has 144 valence electrons. The molecule has 27 heavy (non-hydrogen) atoms. The lowest BCUT2D eigenvalue weighted by Gasteiger charge is -2.13. The summed E-state index contributed by atoms with van der Waals surface area (Å²) in [6, 6.07) is 9.21. The molecule has 0 aliphatic rings. The van der Waals surface area contributed by atoms with Crippen LogP contribution in [0, 0.1) is 5.92 Å². The van der Waals surface area contributed by atoms with Gasteiger partial charge in [0.05, 0.1) is 5.25 Å². The normalized spacial score (nSPS) is 11.9. The predicted octanol–water partition coefficient (Wildman–Crippen LogP) is 3.09. The highest BCUT2D eigenvalue weighted by atomic mass is 32.2. The number of carbonyl (C=O) groups is 2. The third-order valence-electron chi connectivity index (χ3n) is 3.62. The van der Waals surface area contributed by atoms with Crippen LogP contribution in [0.2, 0.25) is 0 Å². The van der Waals surface area contributed by atoms with Gasteiger partial charge in [-0.25, -0.2) is 4.79 Å². The molecule has 0 aliphatic carbocycles. The van der Waals surface area contributed by atoms with E-state index in [1.165, 1.54) is 11.8 Å². The first-order valence-electron chi connectivity index (χ1n) is 8.77. The van der Waals surface area contributed by atoms with Crippen LogP contribution in [-0.4, -0.2) is 38.5 Å². The van der Waals surface area contributed by atoms with Crippen LogP contribution in [0.4, 0.5) is 4.79 Å². The fourth-order valence-electron chi connectivity index (χ4n) is 2.24. The van der Waals surface area contributed by atoms with Gasteiger partial charge in [0.15, 0.2) is 11.0 Å². The van der Waals surface area contributed by atoms with Crippen LogP contribution in [0.5, 0.6) is 0 Å². The van der Waals surface area contributed by atoms with Gasteiger partial charge in [0.2, 0.25) is 5.91 Å². The van der Waals surface area contributed by atoms with E-state index in [1.807, 2.05) is 48.7 Å². The van der Waals surface area contributed by atoms with Crippen molar-refractivity contribution in [1.29, 1.82) is 0 Å². The molecule has 2 N–H and O–H groups in total. The SMILES string of the molecule is C=CCn1c(SC(C)C(=O)NC(=O)NCC(C)C)nnc1-c1ccccc1. The van der Waals surface area contributed by atoms with Gasteiger partial charge in [-0.3, -0.25) is 14.7 Å². The summed E-state index contributed by atoms with van der Waals surface area (Å²) in [5.74, 6) is 0.641. The molecule has 3 amide bonds. The number of hydrogen-bond donors (Lipinski definition) is 2. The molecule has 1 heterocycles. The summed E-state index contributed by atoms with van der Waals surface area (Å²) in [6.45, 7) is 10.5. The van der Waals surface area contributed by atoms with Crippen molar-refractivity contribution in [3.8, 4) is 11.4 Å².